The molecule has 2 unspecified atom stereocenters. The number of hydrogen-bond donors (Lipinski definition) is 2. The zero-order valence-corrected chi connectivity index (χ0v) is 17.6. The molecule has 3 heterocycles. The fourth-order valence-electron chi connectivity index (χ4n) is 4.97. The molecule has 1 amide bonds. The molecule has 3 aliphatic rings. The van der Waals surface area contributed by atoms with Crippen molar-refractivity contribution in [2.75, 3.05) is 13.1 Å². The van der Waals surface area contributed by atoms with Crippen molar-refractivity contribution in [1.29, 1.82) is 0 Å². The minimum Gasteiger partial charge on any atom is -0.353 e. The maximum atomic E-state index is 12.4. The van der Waals surface area contributed by atoms with E-state index in [1.807, 2.05) is 0 Å². The van der Waals surface area contributed by atoms with Crippen molar-refractivity contribution < 1.29 is 4.79 Å². The van der Waals surface area contributed by atoms with Gasteiger partial charge in [0, 0.05) is 44.2 Å². The molecule has 2 atom stereocenters. The predicted octanol–water partition coefficient (Wildman–Crippen LogP) is 3.53. The van der Waals surface area contributed by atoms with E-state index in [2.05, 4.69) is 45.9 Å². The van der Waals surface area contributed by atoms with Gasteiger partial charge in [-0.15, -0.1) is 24.8 Å². The van der Waals surface area contributed by atoms with Crippen LogP contribution in [0.4, 0.5) is 0 Å². The Bertz CT molecular complexity index is 566. The van der Waals surface area contributed by atoms with Gasteiger partial charge in [-0.05, 0) is 50.0 Å². The van der Waals surface area contributed by atoms with Gasteiger partial charge >= 0.3 is 0 Å². The Labute approximate surface area is 175 Å². The first-order valence-corrected chi connectivity index (χ1v) is 10.1. The number of rotatable bonds is 5. The summed E-state index contributed by atoms with van der Waals surface area (Å²) in [5, 5.41) is 6.98. The first-order valence-electron chi connectivity index (χ1n) is 10.1. The van der Waals surface area contributed by atoms with E-state index in [0.717, 1.165) is 38.9 Å². The summed E-state index contributed by atoms with van der Waals surface area (Å²) in [6, 6.07) is 12.4. The van der Waals surface area contributed by atoms with Crippen molar-refractivity contribution in [1.82, 2.24) is 15.5 Å². The molecular formula is C21H33Cl2N3O. The summed E-state index contributed by atoms with van der Waals surface area (Å²) < 4.78 is 0. The highest BCUT2D eigenvalue weighted by Gasteiger charge is 2.34. The average molecular weight is 414 g/mol. The molecule has 0 aromatic heterocycles. The second-order valence-corrected chi connectivity index (χ2v) is 8.28. The summed E-state index contributed by atoms with van der Waals surface area (Å²) in [6.45, 7) is 3.19. The summed E-state index contributed by atoms with van der Waals surface area (Å²) in [6.07, 6.45) is 7.90. The lowest BCUT2D eigenvalue weighted by atomic mass is 9.89. The van der Waals surface area contributed by atoms with Gasteiger partial charge < -0.3 is 10.6 Å². The van der Waals surface area contributed by atoms with Crippen molar-refractivity contribution >= 4 is 30.7 Å². The molecule has 0 radical (unpaired) electrons. The van der Waals surface area contributed by atoms with E-state index in [9.17, 15) is 4.79 Å². The number of fused-ring (bicyclic) bond motifs is 2. The normalized spacial score (nSPS) is 28.1. The molecule has 152 valence electrons. The van der Waals surface area contributed by atoms with Crippen LogP contribution in [0, 0.1) is 5.92 Å². The van der Waals surface area contributed by atoms with Crippen LogP contribution in [-0.4, -0.2) is 42.0 Å². The monoisotopic (exact) mass is 413 g/mol. The largest absolute Gasteiger partial charge is 0.353 e. The lowest BCUT2D eigenvalue weighted by Crippen LogP contribution is -2.45. The lowest BCUT2D eigenvalue weighted by Gasteiger charge is -2.33. The van der Waals surface area contributed by atoms with Crippen LogP contribution in [0.25, 0.3) is 0 Å². The highest BCUT2D eigenvalue weighted by molar-refractivity contribution is 5.85. The Morgan fingerprint density at radius 3 is 2.26 bits per heavy atom. The van der Waals surface area contributed by atoms with Gasteiger partial charge in [0.1, 0.15) is 0 Å². The molecule has 1 aromatic rings. The molecule has 3 saturated heterocycles. The first-order chi connectivity index (χ1) is 12.2. The summed E-state index contributed by atoms with van der Waals surface area (Å²) >= 11 is 0. The van der Waals surface area contributed by atoms with Gasteiger partial charge in [0.25, 0.3) is 0 Å². The Kier molecular flexibility index (Phi) is 8.87. The van der Waals surface area contributed by atoms with Gasteiger partial charge in [-0.3, -0.25) is 9.69 Å². The fourth-order valence-corrected chi connectivity index (χ4v) is 4.97. The third kappa shape index (κ3) is 6.35. The number of carbonyl (C=O) groups is 1. The minimum atomic E-state index is 0. The number of nitrogens with one attached hydrogen (secondary N) is 2. The standard InChI is InChI=1S/C21H31N3O.2ClH/c25-21(14-17-12-19-6-7-20(13-17)22-19)23-18-8-10-24(11-9-18)15-16-4-2-1-3-5-16;;/h1-5,17-20,22H,6-15H2,(H,23,25);2*1H. The van der Waals surface area contributed by atoms with Gasteiger partial charge in [-0.2, -0.15) is 0 Å². The SMILES string of the molecule is Cl.Cl.O=C(CC1CC2CCC(C1)N2)NC1CCN(Cc2ccccc2)CC1. The van der Waals surface area contributed by atoms with E-state index in [1.54, 1.807) is 0 Å². The highest BCUT2D eigenvalue weighted by Crippen LogP contribution is 2.32. The molecule has 0 saturated carbocycles. The molecule has 27 heavy (non-hydrogen) atoms. The molecule has 0 aliphatic carbocycles. The van der Waals surface area contributed by atoms with Crippen LogP contribution in [0.3, 0.4) is 0 Å². The highest BCUT2D eigenvalue weighted by atomic mass is 35.5. The second-order valence-electron chi connectivity index (χ2n) is 8.28. The van der Waals surface area contributed by atoms with Crippen LogP contribution in [0.1, 0.15) is 50.5 Å². The third-order valence-corrected chi connectivity index (χ3v) is 6.25. The Morgan fingerprint density at radius 2 is 1.63 bits per heavy atom. The van der Waals surface area contributed by atoms with Gasteiger partial charge in [0.2, 0.25) is 5.91 Å². The zero-order chi connectivity index (χ0) is 17.1. The number of piperidine rings is 2. The van der Waals surface area contributed by atoms with Gasteiger partial charge in [0.15, 0.2) is 0 Å². The van der Waals surface area contributed by atoms with Crippen molar-refractivity contribution in [3.63, 3.8) is 0 Å². The summed E-state index contributed by atoms with van der Waals surface area (Å²) in [5.74, 6) is 0.879. The molecule has 1 aromatic carbocycles. The van der Waals surface area contributed by atoms with E-state index in [1.165, 1.54) is 31.2 Å². The second kappa shape index (κ2) is 10.7. The summed E-state index contributed by atoms with van der Waals surface area (Å²) in [4.78, 5) is 14.9. The molecule has 0 spiro atoms. The lowest BCUT2D eigenvalue weighted by molar-refractivity contribution is -0.123. The van der Waals surface area contributed by atoms with Crippen LogP contribution in [0.5, 0.6) is 0 Å². The van der Waals surface area contributed by atoms with E-state index < -0.39 is 0 Å². The molecule has 6 heteroatoms. The van der Waals surface area contributed by atoms with Crippen molar-refractivity contribution in [3.05, 3.63) is 35.9 Å². The van der Waals surface area contributed by atoms with Gasteiger partial charge in [-0.1, -0.05) is 30.3 Å². The average Bonchev–Trinajstić information content (AvgIpc) is 2.96. The van der Waals surface area contributed by atoms with Crippen LogP contribution in [0.15, 0.2) is 30.3 Å². The van der Waals surface area contributed by atoms with E-state index in [0.29, 0.717) is 24.0 Å². The summed E-state index contributed by atoms with van der Waals surface area (Å²) in [7, 11) is 0. The number of benzene rings is 1. The Balaban J connectivity index is 0.00000131. The topological polar surface area (TPSA) is 44.4 Å². The van der Waals surface area contributed by atoms with E-state index in [-0.39, 0.29) is 30.7 Å². The third-order valence-electron chi connectivity index (χ3n) is 6.25. The fraction of sp³-hybridized carbons (Fsp3) is 0.667. The molecule has 3 aliphatic heterocycles. The first kappa shape index (κ1) is 22.5. The minimum absolute atomic E-state index is 0. The van der Waals surface area contributed by atoms with Crippen molar-refractivity contribution in [2.24, 2.45) is 5.92 Å². The number of hydrogen-bond acceptors (Lipinski definition) is 3. The van der Waals surface area contributed by atoms with Crippen LogP contribution >= 0.6 is 24.8 Å². The maximum Gasteiger partial charge on any atom is 0.220 e. The van der Waals surface area contributed by atoms with E-state index >= 15 is 0 Å². The smallest absolute Gasteiger partial charge is 0.220 e. The molecule has 2 bridgehead atoms. The number of carbonyl (C=O) groups excluding carboxylic acids is 1. The number of amides is 1. The predicted molar refractivity (Wildman–Crippen MR) is 115 cm³/mol. The van der Waals surface area contributed by atoms with Crippen LogP contribution in [-0.2, 0) is 11.3 Å². The maximum absolute atomic E-state index is 12.4. The van der Waals surface area contributed by atoms with Crippen LogP contribution < -0.4 is 10.6 Å². The number of nitrogens with zero attached hydrogens (tertiary/aromatic N) is 1. The molecule has 4 nitrogen and oxygen atoms in total. The Hall–Kier alpha value is -0.810. The van der Waals surface area contributed by atoms with Crippen molar-refractivity contribution in [3.8, 4) is 0 Å². The quantitative estimate of drug-likeness (QED) is 0.775. The molecule has 2 N–H and O–H groups in total. The van der Waals surface area contributed by atoms with Gasteiger partial charge in [-0.25, -0.2) is 0 Å². The van der Waals surface area contributed by atoms with E-state index in [4.69, 9.17) is 0 Å². The molecule has 4 rings (SSSR count). The number of halogens is 2. The molecular weight excluding hydrogens is 381 g/mol. The van der Waals surface area contributed by atoms with Crippen LogP contribution in [0.2, 0.25) is 0 Å². The van der Waals surface area contributed by atoms with Gasteiger partial charge in [0.05, 0.1) is 0 Å². The summed E-state index contributed by atoms with van der Waals surface area (Å²) in [5.41, 5.74) is 1.38. The Morgan fingerprint density at radius 1 is 1.00 bits per heavy atom. The number of likely N-dealkylation sites (tertiary alicyclic amines) is 1. The zero-order valence-electron chi connectivity index (χ0n) is 15.9. The molecule has 3 fully saturated rings. The van der Waals surface area contributed by atoms with Crippen molar-refractivity contribution in [2.45, 2.75) is 69.6 Å².